The third-order valence-electron chi connectivity index (χ3n) is 4.21. The van der Waals surface area contributed by atoms with E-state index in [2.05, 4.69) is 4.98 Å². The predicted octanol–water partition coefficient (Wildman–Crippen LogP) is 4.48. The van der Waals surface area contributed by atoms with E-state index in [4.69, 9.17) is 9.72 Å². The Morgan fingerprint density at radius 2 is 1.83 bits per heavy atom. The van der Waals surface area contributed by atoms with Gasteiger partial charge in [-0.25, -0.2) is 9.78 Å². The zero-order valence-corrected chi connectivity index (χ0v) is 13.5. The third kappa shape index (κ3) is 2.24. The highest BCUT2D eigenvalue weighted by Crippen LogP contribution is 2.30. The van der Waals surface area contributed by atoms with Gasteiger partial charge < -0.3 is 9.72 Å². The molecule has 0 aliphatic carbocycles. The Morgan fingerprint density at radius 1 is 1.08 bits per heavy atom. The summed E-state index contributed by atoms with van der Waals surface area (Å²) in [5.74, 6) is -0.373. The molecule has 0 bridgehead atoms. The number of rotatable bonds is 2. The molecule has 0 aliphatic rings. The van der Waals surface area contributed by atoms with Crippen molar-refractivity contribution in [1.29, 1.82) is 0 Å². The second-order valence-electron chi connectivity index (χ2n) is 5.81. The lowest BCUT2D eigenvalue weighted by Crippen LogP contribution is -2.03. The molecule has 0 saturated carbocycles. The summed E-state index contributed by atoms with van der Waals surface area (Å²) in [5.41, 5.74) is 5.84. The number of benzene rings is 2. The van der Waals surface area contributed by atoms with Crippen molar-refractivity contribution in [2.24, 2.45) is 0 Å². The van der Waals surface area contributed by atoms with Crippen LogP contribution < -0.4 is 0 Å². The van der Waals surface area contributed by atoms with Gasteiger partial charge in [0.1, 0.15) is 0 Å². The SMILES string of the molecule is COC(=O)c1cc(-c2ccc(C)cc2)nc2c1[nH]c1ccccc12. The topological polar surface area (TPSA) is 55.0 Å². The number of carbonyl (C=O) groups is 1. The molecular formula is C20H16N2O2. The van der Waals surface area contributed by atoms with E-state index in [0.717, 1.165) is 27.7 Å². The van der Waals surface area contributed by atoms with Crippen LogP contribution in [0.3, 0.4) is 0 Å². The maximum absolute atomic E-state index is 12.3. The van der Waals surface area contributed by atoms with Crippen LogP contribution in [0.4, 0.5) is 0 Å². The first-order valence-electron chi connectivity index (χ1n) is 7.74. The highest BCUT2D eigenvalue weighted by atomic mass is 16.5. The van der Waals surface area contributed by atoms with Crippen LogP contribution in [0.5, 0.6) is 0 Å². The van der Waals surface area contributed by atoms with E-state index in [1.165, 1.54) is 12.7 Å². The molecular weight excluding hydrogens is 300 g/mol. The van der Waals surface area contributed by atoms with Crippen LogP contribution >= 0.6 is 0 Å². The number of nitrogens with one attached hydrogen (secondary N) is 1. The summed E-state index contributed by atoms with van der Waals surface area (Å²) in [5, 5.41) is 0.992. The van der Waals surface area contributed by atoms with Crippen molar-refractivity contribution in [3.05, 3.63) is 65.7 Å². The van der Waals surface area contributed by atoms with Crippen molar-refractivity contribution >= 4 is 27.9 Å². The van der Waals surface area contributed by atoms with E-state index in [1.54, 1.807) is 6.07 Å². The molecule has 118 valence electrons. The van der Waals surface area contributed by atoms with Crippen LogP contribution in [0.15, 0.2) is 54.6 Å². The monoisotopic (exact) mass is 316 g/mol. The van der Waals surface area contributed by atoms with Gasteiger partial charge in [-0.2, -0.15) is 0 Å². The minimum absolute atomic E-state index is 0.373. The number of ether oxygens (including phenoxy) is 1. The lowest BCUT2D eigenvalue weighted by Gasteiger charge is -2.06. The Morgan fingerprint density at radius 3 is 2.58 bits per heavy atom. The number of esters is 1. The van der Waals surface area contributed by atoms with E-state index in [0.29, 0.717) is 11.1 Å². The predicted molar refractivity (Wildman–Crippen MR) is 95.1 cm³/mol. The number of nitrogens with zero attached hydrogens (tertiary/aromatic N) is 1. The number of hydrogen-bond acceptors (Lipinski definition) is 3. The zero-order valence-electron chi connectivity index (χ0n) is 13.5. The molecule has 4 heteroatoms. The number of aryl methyl sites for hydroxylation is 1. The van der Waals surface area contributed by atoms with Gasteiger partial charge in [0.15, 0.2) is 0 Å². The van der Waals surface area contributed by atoms with Crippen LogP contribution in [0.2, 0.25) is 0 Å². The van der Waals surface area contributed by atoms with Gasteiger partial charge in [0.05, 0.1) is 29.4 Å². The Bertz CT molecular complexity index is 1060. The molecule has 0 aliphatic heterocycles. The molecule has 2 aromatic carbocycles. The van der Waals surface area contributed by atoms with E-state index < -0.39 is 0 Å². The molecule has 24 heavy (non-hydrogen) atoms. The van der Waals surface area contributed by atoms with E-state index in [9.17, 15) is 4.79 Å². The van der Waals surface area contributed by atoms with Crippen molar-refractivity contribution in [2.75, 3.05) is 7.11 Å². The van der Waals surface area contributed by atoms with Gasteiger partial charge in [0.25, 0.3) is 0 Å². The lowest BCUT2D eigenvalue weighted by atomic mass is 10.1. The second-order valence-corrected chi connectivity index (χ2v) is 5.81. The standard InChI is InChI=1S/C20H16N2O2/c1-12-7-9-13(10-8-12)17-11-15(20(23)24-2)19-18(22-17)14-5-3-4-6-16(14)21-19/h3-11,21H,1-2H3. The van der Waals surface area contributed by atoms with Crippen molar-refractivity contribution in [2.45, 2.75) is 6.92 Å². The number of hydrogen-bond donors (Lipinski definition) is 1. The van der Waals surface area contributed by atoms with Gasteiger partial charge in [-0.15, -0.1) is 0 Å². The molecule has 0 fully saturated rings. The van der Waals surface area contributed by atoms with Crippen LogP contribution in [0.25, 0.3) is 33.2 Å². The lowest BCUT2D eigenvalue weighted by molar-refractivity contribution is 0.0603. The summed E-state index contributed by atoms with van der Waals surface area (Å²) >= 11 is 0. The van der Waals surface area contributed by atoms with Crippen LogP contribution in [0.1, 0.15) is 15.9 Å². The summed E-state index contributed by atoms with van der Waals surface area (Å²) in [6, 6.07) is 17.8. The van der Waals surface area contributed by atoms with E-state index >= 15 is 0 Å². The molecule has 0 spiro atoms. The largest absolute Gasteiger partial charge is 0.465 e. The Kier molecular flexibility index (Phi) is 3.31. The Labute approximate surface area is 139 Å². The molecule has 0 saturated heterocycles. The first-order valence-corrected chi connectivity index (χ1v) is 7.74. The van der Waals surface area contributed by atoms with Gasteiger partial charge in [-0.1, -0.05) is 48.0 Å². The number of carbonyl (C=O) groups excluding carboxylic acids is 1. The second kappa shape index (κ2) is 5.49. The highest BCUT2D eigenvalue weighted by Gasteiger charge is 2.18. The molecule has 1 N–H and O–H groups in total. The smallest absolute Gasteiger partial charge is 0.340 e. The molecule has 4 aromatic rings. The van der Waals surface area contributed by atoms with E-state index in [1.807, 2.05) is 55.5 Å². The maximum atomic E-state index is 12.3. The molecule has 0 amide bonds. The summed E-state index contributed by atoms with van der Waals surface area (Å²) < 4.78 is 4.96. The number of aromatic nitrogens is 2. The number of methoxy groups -OCH3 is 1. The summed E-state index contributed by atoms with van der Waals surface area (Å²) in [6.07, 6.45) is 0. The minimum atomic E-state index is -0.373. The molecule has 0 radical (unpaired) electrons. The van der Waals surface area contributed by atoms with Gasteiger partial charge >= 0.3 is 5.97 Å². The summed E-state index contributed by atoms with van der Waals surface area (Å²) in [4.78, 5) is 20.4. The van der Waals surface area contributed by atoms with Gasteiger partial charge in [0, 0.05) is 16.5 Å². The normalized spacial score (nSPS) is 11.1. The van der Waals surface area contributed by atoms with Crippen molar-refractivity contribution in [1.82, 2.24) is 9.97 Å². The van der Waals surface area contributed by atoms with Crippen LogP contribution in [0, 0.1) is 6.92 Å². The molecule has 2 aromatic heterocycles. The highest BCUT2D eigenvalue weighted by molar-refractivity contribution is 6.13. The number of fused-ring (bicyclic) bond motifs is 3. The molecule has 4 nitrogen and oxygen atoms in total. The molecule has 2 heterocycles. The first-order chi connectivity index (χ1) is 11.7. The zero-order chi connectivity index (χ0) is 16.7. The maximum Gasteiger partial charge on any atom is 0.340 e. The number of para-hydroxylation sites is 1. The van der Waals surface area contributed by atoms with Crippen molar-refractivity contribution in [3.63, 3.8) is 0 Å². The van der Waals surface area contributed by atoms with Crippen molar-refractivity contribution < 1.29 is 9.53 Å². The fraction of sp³-hybridized carbons (Fsp3) is 0.100. The van der Waals surface area contributed by atoms with Crippen LogP contribution in [-0.4, -0.2) is 23.0 Å². The quantitative estimate of drug-likeness (QED) is 0.555. The van der Waals surface area contributed by atoms with Crippen LogP contribution in [-0.2, 0) is 4.74 Å². The van der Waals surface area contributed by atoms with Gasteiger partial charge in [-0.05, 0) is 19.1 Å². The first kappa shape index (κ1) is 14.5. The molecule has 4 rings (SSSR count). The number of aromatic amines is 1. The minimum Gasteiger partial charge on any atom is -0.465 e. The molecule has 0 unspecified atom stereocenters. The number of pyridine rings is 1. The Balaban J connectivity index is 2.06. The Hall–Kier alpha value is -3.14. The summed E-state index contributed by atoms with van der Waals surface area (Å²) in [6.45, 7) is 2.04. The third-order valence-corrected chi connectivity index (χ3v) is 4.21. The number of H-pyrrole nitrogens is 1. The fourth-order valence-electron chi connectivity index (χ4n) is 2.94. The average molecular weight is 316 g/mol. The van der Waals surface area contributed by atoms with Crippen molar-refractivity contribution in [3.8, 4) is 11.3 Å². The summed E-state index contributed by atoms with van der Waals surface area (Å²) in [7, 11) is 1.39. The van der Waals surface area contributed by atoms with Gasteiger partial charge in [-0.3, -0.25) is 0 Å². The van der Waals surface area contributed by atoms with Gasteiger partial charge in [0.2, 0.25) is 0 Å². The van der Waals surface area contributed by atoms with E-state index in [-0.39, 0.29) is 5.97 Å². The molecule has 0 atom stereocenters. The fourth-order valence-corrected chi connectivity index (χ4v) is 2.94. The average Bonchev–Trinajstić information content (AvgIpc) is 2.99.